The smallest absolute Gasteiger partial charge is 0.308 e. The van der Waals surface area contributed by atoms with Crippen LogP contribution in [0.1, 0.15) is 31.8 Å². The maximum Gasteiger partial charge on any atom is 0.308 e. The SMILES string of the molecule is CCNC(=O)C1O[C@H](n2cnc3c(N)nc(C#CCN4CCC(C(=O)OC)CC4)nc32)C(O)C1O. The number of aliphatic hydroxyl groups excluding tert-OH is 2. The van der Waals surface area contributed by atoms with Gasteiger partial charge in [-0.05, 0) is 38.8 Å². The highest BCUT2D eigenvalue weighted by molar-refractivity contribution is 5.83. The predicted octanol–water partition coefficient (Wildman–Crippen LogP) is -1.60. The van der Waals surface area contributed by atoms with Crippen LogP contribution in [0.3, 0.4) is 0 Å². The molecule has 13 nitrogen and oxygen atoms in total. The van der Waals surface area contributed by atoms with Gasteiger partial charge in [-0.3, -0.25) is 19.1 Å². The predicted molar refractivity (Wildman–Crippen MR) is 122 cm³/mol. The summed E-state index contributed by atoms with van der Waals surface area (Å²) < 4.78 is 11.9. The summed E-state index contributed by atoms with van der Waals surface area (Å²) in [5, 5.41) is 23.4. The number of carbonyl (C=O) groups is 2. The van der Waals surface area contributed by atoms with Gasteiger partial charge in [0.25, 0.3) is 5.91 Å². The molecule has 3 unspecified atom stereocenters. The van der Waals surface area contributed by atoms with E-state index in [1.54, 1.807) is 6.92 Å². The molecule has 188 valence electrons. The number of anilines is 1. The highest BCUT2D eigenvalue weighted by Gasteiger charge is 2.47. The van der Waals surface area contributed by atoms with Crippen LogP contribution in [0.5, 0.6) is 0 Å². The maximum absolute atomic E-state index is 12.2. The van der Waals surface area contributed by atoms with E-state index < -0.39 is 30.4 Å². The van der Waals surface area contributed by atoms with Gasteiger partial charge in [-0.25, -0.2) is 15.0 Å². The van der Waals surface area contributed by atoms with Gasteiger partial charge >= 0.3 is 5.97 Å². The Balaban J connectivity index is 1.49. The lowest BCUT2D eigenvalue weighted by atomic mass is 9.97. The minimum absolute atomic E-state index is 0.0747. The number of ether oxygens (including phenoxy) is 2. The van der Waals surface area contributed by atoms with Gasteiger partial charge in [0, 0.05) is 6.54 Å². The van der Waals surface area contributed by atoms with Crippen molar-refractivity contribution in [1.82, 2.24) is 29.7 Å². The third kappa shape index (κ3) is 5.06. The second kappa shape index (κ2) is 10.5. The number of aromatic nitrogens is 4. The summed E-state index contributed by atoms with van der Waals surface area (Å²) in [6.45, 7) is 4.03. The first-order chi connectivity index (χ1) is 16.8. The molecule has 0 radical (unpaired) electrons. The van der Waals surface area contributed by atoms with E-state index in [-0.39, 0.29) is 34.7 Å². The van der Waals surface area contributed by atoms with E-state index in [1.165, 1.54) is 18.0 Å². The highest BCUT2D eigenvalue weighted by atomic mass is 16.6. The van der Waals surface area contributed by atoms with Crippen LogP contribution < -0.4 is 11.1 Å². The van der Waals surface area contributed by atoms with Gasteiger partial charge in [-0.2, -0.15) is 0 Å². The molecule has 0 aliphatic carbocycles. The quantitative estimate of drug-likeness (QED) is 0.282. The van der Waals surface area contributed by atoms with E-state index in [0.717, 1.165) is 25.9 Å². The van der Waals surface area contributed by atoms with Crippen molar-refractivity contribution in [2.24, 2.45) is 5.92 Å². The molecular formula is C22H29N7O6. The number of likely N-dealkylation sites (N-methyl/N-ethyl adjacent to an activating group) is 1. The zero-order valence-electron chi connectivity index (χ0n) is 19.5. The number of aliphatic hydroxyl groups is 2. The van der Waals surface area contributed by atoms with Crippen molar-refractivity contribution in [3.05, 3.63) is 12.2 Å². The summed E-state index contributed by atoms with van der Waals surface area (Å²) in [5.41, 5.74) is 6.59. The molecule has 5 N–H and O–H groups in total. The first-order valence-electron chi connectivity index (χ1n) is 11.4. The van der Waals surface area contributed by atoms with Gasteiger partial charge in [0.15, 0.2) is 23.8 Å². The van der Waals surface area contributed by atoms with Gasteiger partial charge in [-0.1, -0.05) is 5.92 Å². The number of esters is 1. The van der Waals surface area contributed by atoms with Crippen molar-refractivity contribution in [3.63, 3.8) is 0 Å². The van der Waals surface area contributed by atoms with Crippen molar-refractivity contribution in [1.29, 1.82) is 0 Å². The first-order valence-corrected chi connectivity index (χ1v) is 11.4. The molecule has 4 rings (SSSR count). The number of carbonyl (C=O) groups excluding carboxylic acids is 2. The average molecular weight is 488 g/mol. The Kier molecular flexibility index (Phi) is 7.46. The molecule has 2 fully saturated rings. The first kappa shape index (κ1) is 24.8. The number of nitrogen functional groups attached to an aromatic ring is 1. The number of nitrogens with one attached hydrogen (secondary N) is 1. The molecule has 2 aromatic rings. The number of rotatable bonds is 5. The van der Waals surface area contributed by atoms with E-state index in [4.69, 9.17) is 15.2 Å². The number of methoxy groups -OCH3 is 1. The number of nitrogens with two attached hydrogens (primary N) is 1. The molecule has 0 spiro atoms. The zero-order chi connectivity index (χ0) is 25.1. The van der Waals surface area contributed by atoms with Crippen molar-refractivity contribution < 1.29 is 29.3 Å². The summed E-state index contributed by atoms with van der Waals surface area (Å²) in [5.74, 6) is 5.42. The van der Waals surface area contributed by atoms with Crippen LogP contribution in [0.4, 0.5) is 5.82 Å². The second-order valence-corrected chi connectivity index (χ2v) is 8.45. The molecule has 2 aromatic heterocycles. The fourth-order valence-electron chi connectivity index (χ4n) is 4.29. The molecule has 4 atom stereocenters. The summed E-state index contributed by atoms with van der Waals surface area (Å²) in [4.78, 5) is 38.8. The summed E-state index contributed by atoms with van der Waals surface area (Å²) in [7, 11) is 1.40. The van der Waals surface area contributed by atoms with Crippen molar-refractivity contribution >= 4 is 28.9 Å². The topological polar surface area (TPSA) is 178 Å². The van der Waals surface area contributed by atoms with Crippen molar-refractivity contribution in [3.8, 4) is 11.8 Å². The minimum atomic E-state index is -1.43. The second-order valence-electron chi connectivity index (χ2n) is 8.45. The van der Waals surface area contributed by atoms with Crippen molar-refractivity contribution in [2.75, 3.05) is 39.0 Å². The monoisotopic (exact) mass is 487 g/mol. The minimum Gasteiger partial charge on any atom is -0.469 e. The lowest BCUT2D eigenvalue weighted by Crippen LogP contribution is -2.42. The Morgan fingerprint density at radius 3 is 2.71 bits per heavy atom. The summed E-state index contributed by atoms with van der Waals surface area (Å²) >= 11 is 0. The Labute approximate surface area is 201 Å². The molecule has 0 saturated carbocycles. The molecule has 2 saturated heterocycles. The average Bonchev–Trinajstić information content (AvgIpc) is 3.40. The largest absolute Gasteiger partial charge is 0.469 e. The number of piperidine rings is 1. The Morgan fingerprint density at radius 2 is 2.03 bits per heavy atom. The molecule has 0 aromatic carbocycles. The molecule has 1 amide bonds. The van der Waals surface area contributed by atoms with Crippen LogP contribution in [0.2, 0.25) is 0 Å². The third-order valence-corrected chi connectivity index (χ3v) is 6.20. The van der Waals surface area contributed by atoms with Crippen LogP contribution >= 0.6 is 0 Å². The number of nitrogens with zero attached hydrogens (tertiary/aromatic N) is 5. The Morgan fingerprint density at radius 1 is 1.29 bits per heavy atom. The lowest BCUT2D eigenvalue weighted by molar-refractivity contribution is -0.147. The molecule has 35 heavy (non-hydrogen) atoms. The van der Waals surface area contributed by atoms with Gasteiger partial charge < -0.3 is 30.7 Å². The van der Waals surface area contributed by atoms with E-state index in [0.29, 0.717) is 13.1 Å². The fraction of sp³-hybridized carbons (Fsp3) is 0.591. The number of hydrogen-bond donors (Lipinski definition) is 4. The van der Waals surface area contributed by atoms with Crippen LogP contribution in [-0.2, 0) is 19.1 Å². The van der Waals surface area contributed by atoms with Gasteiger partial charge in [0.05, 0.1) is 25.9 Å². The normalized spacial score (nSPS) is 25.3. The molecule has 2 aliphatic rings. The molecule has 13 heteroatoms. The van der Waals surface area contributed by atoms with E-state index >= 15 is 0 Å². The van der Waals surface area contributed by atoms with Crippen LogP contribution in [-0.4, -0.2) is 98.1 Å². The van der Waals surface area contributed by atoms with E-state index in [9.17, 15) is 19.8 Å². The molecule has 4 heterocycles. The van der Waals surface area contributed by atoms with E-state index in [2.05, 4.69) is 37.0 Å². The maximum atomic E-state index is 12.2. The van der Waals surface area contributed by atoms with Crippen molar-refractivity contribution in [2.45, 2.75) is 44.3 Å². The number of hydrogen-bond acceptors (Lipinski definition) is 11. The van der Waals surface area contributed by atoms with Gasteiger partial charge in [0.2, 0.25) is 5.82 Å². The number of fused-ring (bicyclic) bond motifs is 1. The standard InChI is InChI=1S/C22H29N7O6/c1-3-24-20(32)17-15(30)16(31)21(35-17)29-11-25-14-18(23)26-13(27-19(14)29)5-4-8-28-9-6-12(7-10-28)22(33)34-2/h11-12,15-17,21,30-31H,3,6-10H2,1-2H3,(H,24,32)(H2,23,26,27)/t15?,16?,17?,21-/m0/s1. The Hall–Kier alpha value is -3.31. The molecule has 0 bridgehead atoms. The fourth-order valence-corrected chi connectivity index (χ4v) is 4.29. The van der Waals surface area contributed by atoms with Crippen LogP contribution in [0.15, 0.2) is 6.33 Å². The van der Waals surface area contributed by atoms with Gasteiger partial charge in [-0.15, -0.1) is 0 Å². The van der Waals surface area contributed by atoms with Crippen LogP contribution in [0.25, 0.3) is 11.2 Å². The molecular weight excluding hydrogens is 458 g/mol. The number of imidazole rings is 1. The third-order valence-electron chi connectivity index (χ3n) is 6.20. The van der Waals surface area contributed by atoms with Gasteiger partial charge in [0.1, 0.15) is 17.7 Å². The highest BCUT2D eigenvalue weighted by Crippen LogP contribution is 2.32. The summed E-state index contributed by atoms with van der Waals surface area (Å²) in [6.07, 6.45) is -2.36. The zero-order valence-corrected chi connectivity index (χ0v) is 19.5. The number of likely N-dealkylation sites (tertiary alicyclic amines) is 1. The number of amides is 1. The summed E-state index contributed by atoms with van der Waals surface area (Å²) in [6, 6.07) is 0. The lowest BCUT2D eigenvalue weighted by Gasteiger charge is -2.28. The van der Waals surface area contributed by atoms with E-state index in [1.807, 2.05) is 0 Å². The van der Waals surface area contributed by atoms with Crippen LogP contribution in [0, 0.1) is 17.8 Å². The molecule has 2 aliphatic heterocycles. The Bertz CT molecular complexity index is 1150.